The molecule has 5 nitrogen and oxygen atoms in total. The Balaban J connectivity index is 1.78. The maximum atomic E-state index is 12.7. The number of nitrogens with zero attached hydrogens (tertiary/aromatic N) is 3. The zero-order valence-electron chi connectivity index (χ0n) is 16.5. The SMILES string of the molecule is Cc1c(C#N)c(NC(=O)CN2CCC(C)CC2)n(C2CCCCC2)c1C. The third-order valence-corrected chi connectivity index (χ3v) is 6.31. The molecule has 26 heavy (non-hydrogen) atoms. The van der Waals surface area contributed by atoms with Crippen LogP contribution >= 0.6 is 0 Å². The number of carbonyl (C=O) groups is 1. The van der Waals surface area contributed by atoms with Crippen LogP contribution in [0.3, 0.4) is 0 Å². The second-order valence-corrected chi connectivity index (χ2v) is 8.21. The topological polar surface area (TPSA) is 61.1 Å². The van der Waals surface area contributed by atoms with Crippen molar-refractivity contribution in [2.75, 3.05) is 25.0 Å². The summed E-state index contributed by atoms with van der Waals surface area (Å²) in [5.74, 6) is 1.49. The lowest BCUT2D eigenvalue weighted by Gasteiger charge is -2.30. The van der Waals surface area contributed by atoms with Gasteiger partial charge >= 0.3 is 0 Å². The molecule has 3 rings (SSSR count). The number of hydrogen-bond donors (Lipinski definition) is 1. The van der Waals surface area contributed by atoms with Gasteiger partial charge in [0.2, 0.25) is 5.91 Å². The fraction of sp³-hybridized carbons (Fsp3) is 0.714. The zero-order chi connectivity index (χ0) is 18.7. The molecule has 0 bridgehead atoms. The van der Waals surface area contributed by atoms with Crippen molar-refractivity contribution < 1.29 is 4.79 Å². The van der Waals surface area contributed by atoms with Gasteiger partial charge in [-0.25, -0.2) is 0 Å². The smallest absolute Gasteiger partial charge is 0.239 e. The van der Waals surface area contributed by atoms with E-state index in [1.165, 1.54) is 19.3 Å². The predicted molar refractivity (Wildman–Crippen MR) is 104 cm³/mol. The minimum Gasteiger partial charge on any atom is -0.327 e. The van der Waals surface area contributed by atoms with Crippen molar-refractivity contribution in [2.45, 2.75) is 71.8 Å². The molecule has 0 radical (unpaired) electrons. The first-order valence-corrected chi connectivity index (χ1v) is 10.1. The maximum Gasteiger partial charge on any atom is 0.239 e. The number of rotatable bonds is 4. The number of nitriles is 1. The van der Waals surface area contributed by atoms with Crippen LogP contribution in [0, 0.1) is 31.1 Å². The molecule has 0 atom stereocenters. The first-order chi connectivity index (χ1) is 12.5. The summed E-state index contributed by atoms with van der Waals surface area (Å²) < 4.78 is 2.24. The highest BCUT2D eigenvalue weighted by Crippen LogP contribution is 2.36. The Morgan fingerprint density at radius 1 is 1.15 bits per heavy atom. The molecule has 2 fully saturated rings. The van der Waals surface area contributed by atoms with Crippen LogP contribution in [0.5, 0.6) is 0 Å². The van der Waals surface area contributed by atoms with Crippen LogP contribution in [0.4, 0.5) is 5.82 Å². The standard InChI is InChI=1S/C21H32N4O/c1-15-9-11-24(12-10-15)14-20(26)23-21-19(13-22)16(2)17(3)25(21)18-7-5-4-6-8-18/h15,18H,4-12,14H2,1-3H3,(H,23,26). The first-order valence-electron chi connectivity index (χ1n) is 10.1. The van der Waals surface area contributed by atoms with Gasteiger partial charge in [-0.05, 0) is 64.1 Å². The van der Waals surface area contributed by atoms with Crippen molar-refractivity contribution in [3.8, 4) is 6.07 Å². The lowest BCUT2D eigenvalue weighted by Crippen LogP contribution is -2.39. The van der Waals surface area contributed by atoms with Gasteiger partial charge in [-0.15, -0.1) is 0 Å². The average Bonchev–Trinajstić information content (AvgIpc) is 2.87. The number of likely N-dealkylation sites (tertiary alicyclic amines) is 1. The van der Waals surface area contributed by atoms with E-state index in [0.717, 1.165) is 61.8 Å². The number of amides is 1. The molecule has 5 heteroatoms. The Morgan fingerprint density at radius 3 is 2.42 bits per heavy atom. The van der Waals surface area contributed by atoms with E-state index in [9.17, 15) is 10.1 Å². The molecule has 0 spiro atoms. The van der Waals surface area contributed by atoms with Crippen LogP contribution < -0.4 is 5.32 Å². The van der Waals surface area contributed by atoms with E-state index in [1.807, 2.05) is 6.92 Å². The normalized spacial score (nSPS) is 20.1. The summed E-state index contributed by atoms with van der Waals surface area (Å²) >= 11 is 0. The molecular formula is C21H32N4O. The number of piperidine rings is 1. The van der Waals surface area contributed by atoms with Gasteiger partial charge in [0.15, 0.2) is 0 Å². The van der Waals surface area contributed by atoms with E-state index in [2.05, 4.69) is 34.7 Å². The van der Waals surface area contributed by atoms with Gasteiger partial charge in [-0.2, -0.15) is 5.26 Å². The van der Waals surface area contributed by atoms with Gasteiger partial charge in [0.25, 0.3) is 0 Å². The van der Waals surface area contributed by atoms with Crippen molar-refractivity contribution in [3.05, 3.63) is 16.8 Å². The predicted octanol–water partition coefficient (Wildman–Crippen LogP) is 4.15. The summed E-state index contributed by atoms with van der Waals surface area (Å²) in [6.45, 7) is 8.74. The van der Waals surface area contributed by atoms with Crippen LogP contribution in [0.15, 0.2) is 0 Å². The Labute approximate surface area is 157 Å². The van der Waals surface area contributed by atoms with Crippen molar-refractivity contribution in [3.63, 3.8) is 0 Å². The van der Waals surface area contributed by atoms with Crippen LogP contribution in [0.1, 0.15) is 74.7 Å². The third kappa shape index (κ3) is 3.96. The molecule has 2 heterocycles. The number of anilines is 1. The second-order valence-electron chi connectivity index (χ2n) is 8.21. The Hall–Kier alpha value is -1.80. The first kappa shape index (κ1) is 19.0. The van der Waals surface area contributed by atoms with E-state index in [4.69, 9.17) is 0 Å². The quantitative estimate of drug-likeness (QED) is 0.881. The van der Waals surface area contributed by atoms with Crippen LogP contribution in [-0.2, 0) is 4.79 Å². The second kappa shape index (κ2) is 8.26. The summed E-state index contributed by atoms with van der Waals surface area (Å²) in [4.78, 5) is 14.9. The molecule has 0 aromatic carbocycles. The third-order valence-electron chi connectivity index (χ3n) is 6.31. The number of hydrogen-bond acceptors (Lipinski definition) is 3. The molecular weight excluding hydrogens is 324 g/mol. The Bertz CT molecular complexity index is 686. The molecule has 1 N–H and O–H groups in total. The number of nitrogens with one attached hydrogen (secondary N) is 1. The van der Waals surface area contributed by atoms with Crippen LogP contribution in [0.2, 0.25) is 0 Å². The van der Waals surface area contributed by atoms with Gasteiger partial charge in [0.1, 0.15) is 11.9 Å². The zero-order valence-corrected chi connectivity index (χ0v) is 16.5. The highest BCUT2D eigenvalue weighted by Gasteiger charge is 2.26. The van der Waals surface area contributed by atoms with Crippen molar-refractivity contribution in [2.24, 2.45) is 5.92 Å². The summed E-state index contributed by atoms with van der Waals surface area (Å²) in [6, 6.07) is 2.73. The van der Waals surface area contributed by atoms with Crippen LogP contribution in [-0.4, -0.2) is 35.0 Å². The van der Waals surface area contributed by atoms with Crippen LogP contribution in [0.25, 0.3) is 0 Å². The van der Waals surface area contributed by atoms with E-state index in [-0.39, 0.29) is 5.91 Å². The van der Waals surface area contributed by atoms with Gasteiger partial charge in [0.05, 0.1) is 12.1 Å². The molecule has 1 aliphatic heterocycles. The summed E-state index contributed by atoms with van der Waals surface area (Å²) in [5, 5.41) is 12.8. The van der Waals surface area contributed by atoms with Crippen molar-refractivity contribution in [1.82, 2.24) is 9.47 Å². The van der Waals surface area contributed by atoms with Gasteiger partial charge in [-0.3, -0.25) is 9.69 Å². The van der Waals surface area contributed by atoms with E-state index in [0.29, 0.717) is 18.2 Å². The molecule has 2 aliphatic rings. The van der Waals surface area contributed by atoms with Crippen molar-refractivity contribution in [1.29, 1.82) is 5.26 Å². The lowest BCUT2D eigenvalue weighted by molar-refractivity contribution is -0.117. The van der Waals surface area contributed by atoms with Crippen molar-refractivity contribution >= 4 is 11.7 Å². The molecule has 1 aromatic heterocycles. The molecule has 1 aliphatic carbocycles. The molecule has 0 unspecified atom stereocenters. The molecule has 1 saturated heterocycles. The van der Waals surface area contributed by atoms with Gasteiger partial charge in [-0.1, -0.05) is 26.2 Å². The Morgan fingerprint density at radius 2 is 1.81 bits per heavy atom. The van der Waals surface area contributed by atoms with E-state index >= 15 is 0 Å². The summed E-state index contributed by atoms with van der Waals surface area (Å²) in [7, 11) is 0. The monoisotopic (exact) mass is 356 g/mol. The highest BCUT2D eigenvalue weighted by atomic mass is 16.2. The number of aromatic nitrogens is 1. The molecule has 142 valence electrons. The molecule has 1 aromatic rings. The van der Waals surface area contributed by atoms with E-state index < -0.39 is 0 Å². The largest absolute Gasteiger partial charge is 0.327 e. The minimum atomic E-state index is 0.00520. The maximum absolute atomic E-state index is 12.7. The fourth-order valence-electron chi connectivity index (χ4n) is 4.48. The lowest BCUT2D eigenvalue weighted by atomic mass is 9.95. The average molecular weight is 357 g/mol. The molecule has 1 saturated carbocycles. The van der Waals surface area contributed by atoms with E-state index in [1.54, 1.807) is 0 Å². The minimum absolute atomic E-state index is 0.00520. The molecule has 1 amide bonds. The van der Waals surface area contributed by atoms with Gasteiger partial charge < -0.3 is 9.88 Å². The summed E-state index contributed by atoms with van der Waals surface area (Å²) in [6.07, 6.45) is 8.32. The highest BCUT2D eigenvalue weighted by molar-refractivity contribution is 5.93. The fourth-order valence-corrected chi connectivity index (χ4v) is 4.48. The summed E-state index contributed by atoms with van der Waals surface area (Å²) in [5.41, 5.74) is 2.75. The van der Waals surface area contributed by atoms with Gasteiger partial charge in [0, 0.05) is 11.7 Å². The number of carbonyl (C=O) groups excluding carboxylic acids is 1. The Kier molecular flexibility index (Phi) is 6.03.